The van der Waals surface area contributed by atoms with Crippen molar-refractivity contribution < 1.29 is 14.8 Å². The fraction of sp³-hybridized carbons (Fsp3) is 0.417. The van der Waals surface area contributed by atoms with E-state index in [1.54, 1.807) is 17.0 Å². The van der Waals surface area contributed by atoms with E-state index < -0.39 is 10.9 Å². The van der Waals surface area contributed by atoms with Crippen molar-refractivity contribution in [2.24, 2.45) is 5.92 Å². The third kappa shape index (κ3) is 3.19. The number of benzene rings is 1. The molecule has 2 rings (SSSR count). The third-order valence-electron chi connectivity index (χ3n) is 2.93. The second-order valence-corrected chi connectivity index (χ2v) is 4.49. The van der Waals surface area contributed by atoms with Gasteiger partial charge in [-0.2, -0.15) is 0 Å². The summed E-state index contributed by atoms with van der Waals surface area (Å²) in [6, 6.07) is 6.00. The molecule has 1 aromatic rings. The van der Waals surface area contributed by atoms with Gasteiger partial charge in [-0.05, 0) is 30.9 Å². The lowest BCUT2D eigenvalue weighted by Gasteiger charge is -2.22. The molecule has 6 nitrogen and oxygen atoms in total. The predicted molar refractivity (Wildman–Crippen MR) is 65.7 cm³/mol. The van der Waals surface area contributed by atoms with Crippen LogP contribution in [-0.4, -0.2) is 29.1 Å². The van der Waals surface area contributed by atoms with Crippen molar-refractivity contribution in [3.05, 3.63) is 34.4 Å². The van der Waals surface area contributed by atoms with Crippen molar-refractivity contribution in [3.63, 3.8) is 0 Å². The highest BCUT2D eigenvalue weighted by Crippen LogP contribution is 2.31. The molecule has 0 spiro atoms. The van der Waals surface area contributed by atoms with Crippen molar-refractivity contribution in [3.8, 4) is 0 Å². The number of rotatable bonds is 6. The molecule has 6 heteroatoms. The molecule has 1 aromatic carbocycles. The molecular weight excluding hydrogens is 236 g/mol. The molecule has 0 saturated heterocycles. The number of carboxylic acid groups (broad SMARTS) is 1. The Morgan fingerprint density at radius 1 is 1.39 bits per heavy atom. The van der Waals surface area contributed by atoms with Gasteiger partial charge in [-0.15, -0.1) is 0 Å². The van der Waals surface area contributed by atoms with Crippen LogP contribution in [0.3, 0.4) is 0 Å². The monoisotopic (exact) mass is 250 g/mol. The maximum atomic E-state index is 10.8. The van der Waals surface area contributed by atoms with Gasteiger partial charge in [-0.3, -0.25) is 14.9 Å². The Labute approximate surface area is 104 Å². The second-order valence-electron chi connectivity index (χ2n) is 4.49. The standard InChI is InChI=1S/C12H14N2O4/c15-12(16)8-13(7-9-1-2-9)10-3-5-11(6-4-10)14(17)18/h3-6,9H,1-2,7-8H2,(H,15,16). The molecule has 18 heavy (non-hydrogen) atoms. The summed E-state index contributed by atoms with van der Waals surface area (Å²) in [4.78, 5) is 22.6. The molecule has 1 aliphatic rings. The van der Waals surface area contributed by atoms with E-state index in [2.05, 4.69) is 0 Å². The van der Waals surface area contributed by atoms with Crippen LogP contribution in [0.5, 0.6) is 0 Å². The van der Waals surface area contributed by atoms with Crippen LogP contribution in [0.4, 0.5) is 11.4 Å². The Bertz CT molecular complexity index is 454. The maximum absolute atomic E-state index is 10.8. The van der Waals surface area contributed by atoms with E-state index in [9.17, 15) is 14.9 Å². The third-order valence-corrected chi connectivity index (χ3v) is 2.93. The van der Waals surface area contributed by atoms with E-state index in [0.717, 1.165) is 18.5 Å². The van der Waals surface area contributed by atoms with Crippen molar-refractivity contribution in [2.75, 3.05) is 18.0 Å². The highest BCUT2D eigenvalue weighted by atomic mass is 16.6. The van der Waals surface area contributed by atoms with Crippen LogP contribution in [0, 0.1) is 16.0 Å². The number of nitro benzene ring substituents is 1. The number of carboxylic acids is 1. The number of nitro groups is 1. The molecule has 0 heterocycles. The summed E-state index contributed by atoms with van der Waals surface area (Å²) in [7, 11) is 0. The van der Waals surface area contributed by atoms with Gasteiger partial charge in [0.05, 0.1) is 4.92 Å². The molecule has 96 valence electrons. The first kappa shape index (κ1) is 12.3. The summed E-state index contributed by atoms with van der Waals surface area (Å²) in [6.07, 6.45) is 2.26. The van der Waals surface area contributed by atoms with Crippen molar-refractivity contribution in [2.45, 2.75) is 12.8 Å². The van der Waals surface area contributed by atoms with E-state index in [1.165, 1.54) is 12.1 Å². The molecule has 0 unspecified atom stereocenters. The Hall–Kier alpha value is -2.11. The van der Waals surface area contributed by atoms with Crippen LogP contribution in [0.15, 0.2) is 24.3 Å². The average Bonchev–Trinajstić information content (AvgIpc) is 3.12. The number of hydrogen-bond acceptors (Lipinski definition) is 4. The van der Waals surface area contributed by atoms with E-state index >= 15 is 0 Å². The topological polar surface area (TPSA) is 83.7 Å². The lowest BCUT2D eigenvalue weighted by atomic mass is 10.2. The summed E-state index contributed by atoms with van der Waals surface area (Å²) in [5, 5.41) is 19.4. The van der Waals surface area contributed by atoms with Gasteiger partial charge in [-0.25, -0.2) is 0 Å². The molecule has 0 radical (unpaired) electrons. The fourth-order valence-electron chi connectivity index (χ4n) is 1.82. The lowest BCUT2D eigenvalue weighted by molar-refractivity contribution is -0.384. The molecule has 1 N–H and O–H groups in total. The highest BCUT2D eigenvalue weighted by Gasteiger charge is 2.25. The zero-order chi connectivity index (χ0) is 13.1. The van der Waals surface area contributed by atoms with E-state index in [0.29, 0.717) is 12.5 Å². The van der Waals surface area contributed by atoms with E-state index in [1.807, 2.05) is 0 Å². The van der Waals surface area contributed by atoms with Gasteiger partial charge in [-0.1, -0.05) is 0 Å². The fourth-order valence-corrected chi connectivity index (χ4v) is 1.82. The van der Waals surface area contributed by atoms with Gasteiger partial charge < -0.3 is 10.0 Å². The summed E-state index contributed by atoms with van der Waals surface area (Å²) in [5.41, 5.74) is 0.732. The predicted octanol–water partition coefficient (Wildman–Crippen LogP) is 1.90. The average molecular weight is 250 g/mol. The quantitative estimate of drug-likeness (QED) is 0.615. The number of anilines is 1. The Balaban J connectivity index is 2.12. The van der Waals surface area contributed by atoms with Crippen LogP contribution in [0.1, 0.15) is 12.8 Å². The zero-order valence-electron chi connectivity index (χ0n) is 9.78. The van der Waals surface area contributed by atoms with Crippen LogP contribution in [0.2, 0.25) is 0 Å². The Morgan fingerprint density at radius 3 is 2.44 bits per heavy atom. The van der Waals surface area contributed by atoms with Gasteiger partial charge in [0.1, 0.15) is 6.54 Å². The second kappa shape index (κ2) is 5.03. The summed E-state index contributed by atoms with van der Waals surface area (Å²) >= 11 is 0. The first-order valence-electron chi connectivity index (χ1n) is 5.77. The number of hydrogen-bond donors (Lipinski definition) is 1. The molecule has 0 atom stereocenters. The van der Waals surface area contributed by atoms with Crippen LogP contribution in [-0.2, 0) is 4.79 Å². The van der Waals surface area contributed by atoms with Gasteiger partial charge in [0.25, 0.3) is 5.69 Å². The molecule has 0 amide bonds. The maximum Gasteiger partial charge on any atom is 0.323 e. The van der Waals surface area contributed by atoms with Crippen LogP contribution < -0.4 is 4.90 Å². The van der Waals surface area contributed by atoms with Gasteiger partial charge >= 0.3 is 5.97 Å². The first-order valence-corrected chi connectivity index (χ1v) is 5.77. The van der Waals surface area contributed by atoms with Crippen molar-refractivity contribution in [1.29, 1.82) is 0 Å². The normalized spacial score (nSPS) is 14.2. The van der Waals surface area contributed by atoms with E-state index in [-0.39, 0.29) is 12.2 Å². The molecule has 0 bridgehead atoms. The van der Waals surface area contributed by atoms with Gasteiger partial charge in [0, 0.05) is 24.4 Å². The molecule has 0 aromatic heterocycles. The number of aliphatic carboxylic acids is 1. The van der Waals surface area contributed by atoms with Crippen LogP contribution >= 0.6 is 0 Å². The minimum Gasteiger partial charge on any atom is -0.480 e. The van der Waals surface area contributed by atoms with Crippen molar-refractivity contribution in [1.82, 2.24) is 0 Å². The smallest absolute Gasteiger partial charge is 0.323 e. The molecule has 1 fully saturated rings. The SMILES string of the molecule is O=C(O)CN(CC1CC1)c1ccc([N+](=O)[O-])cc1. The van der Waals surface area contributed by atoms with Crippen molar-refractivity contribution >= 4 is 17.3 Å². The van der Waals surface area contributed by atoms with E-state index in [4.69, 9.17) is 5.11 Å². The zero-order valence-corrected chi connectivity index (χ0v) is 9.78. The molecule has 1 saturated carbocycles. The number of nitrogens with zero attached hydrogens (tertiary/aromatic N) is 2. The summed E-state index contributed by atoms with van der Waals surface area (Å²) < 4.78 is 0. The number of non-ortho nitro benzene ring substituents is 1. The van der Waals surface area contributed by atoms with Gasteiger partial charge in [0.2, 0.25) is 0 Å². The summed E-state index contributed by atoms with van der Waals surface area (Å²) in [5.74, 6) is -0.339. The number of carbonyl (C=O) groups is 1. The highest BCUT2D eigenvalue weighted by molar-refractivity contribution is 5.74. The first-order chi connectivity index (χ1) is 8.56. The summed E-state index contributed by atoms with van der Waals surface area (Å²) in [6.45, 7) is 0.623. The lowest BCUT2D eigenvalue weighted by Crippen LogP contribution is -2.31. The minimum absolute atomic E-state index is 0.0143. The minimum atomic E-state index is -0.894. The molecule has 0 aliphatic heterocycles. The molecular formula is C12H14N2O4. The van der Waals surface area contributed by atoms with Gasteiger partial charge in [0.15, 0.2) is 0 Å². The largest absolute Gasteiger partial charge is 0.480 e. The Kier molecular flexibility index (Phi) is 3.45. The Morgan fingerprint density at radius 2 is 2.00 bits per heavy atom. The molecule has 1 aliphatic carbocycles. The van der Waals surface area contributed by atoms with Crippen LogP contribution in [0.25, 0.3) is 0 Å².